The number of hydrogen-bond acceptors (Lipinski definition) is 0. The largest absolute Gasteiger partial charge is 0.395 e. The van der Waals surface area contributed by atoms with E-state index in [0.717, 1.165) is 0 Å². The van der Waals surface area contributed by atoms with Gasteiger partial charge < -0.3 is 0 Å². The predicted molar refractivity (Wildman–Crippen MR) is 26.5 cm³/mol. The average molecular weight is 216 g/mol. The first kappa shape index (κ1) is 12.4. The van der Waals surface area contributed by atoms with Gasteiger partial charge in [0.1, 0.15) is 6.42 Å². The van der Waals surface area contributed by atoms with E-state index >= 15 is 0 Å². The third-order valence-electron chi connectivity index (χ3n) is 1.13. The Morgan fingerprint density at radius 2 is 1.08 bits per heavy atom. The van der Waals surface area contributed by atoms with Gasteiger partial charge in [-0.3, -0.25) is 0 Å². The van der Waals surface area contributed by atoms with Crippen molar-refractivity contribution in [2.75, 3.05) is 6.67 Å². The van der Waals surface area contributed by atoms with Crippen LogP contribution in [-0.4, -0.2) is 24.7 Å². The van der Waals surface area contributed by atoms with Crippen molar-refractivity contribution in [3.63, 3.8) is 0 Å². The molecule has 0 amide bonds. The molecule has 8 heteroatoms. The van der Waals surface area contributed by atoms with E-state index in [4.69, 9.17) is 0 Å². The van der Waals surface area contributed by atoms with Crippen LogP contribution in [0, 0.1) is 0 Å². The SMILES string of the molecule is FCC(F)(F)C(F)(F)CC(F)(F)F. The van der Waals surface area contributed by atoms with Crippen LogP contribution in [0.5, 0.6) is 0 Å². The number of rotatable bonds is 3. The van der Waals surface area contributed by atoms with Crippen LogP contribution in [0.3, 0.4) is 0 Å². The summed E-state index contributed by atoms with van der Waals surface area (Å²) in [6, 6.07) is 0. The fraction of sp³-hybridized carbons (Fsp3) is 1.00. The first-order chi connectivity index (χ1) is 5.52. The summed E-state index contributed by atoms with van der Waals surface area (Å²) in [5.41, 5.74) is 0. The molecule has 0 rings (SSSR count). The maximum Gasteiger partial charge on any atom is 0.395 e. The zero-order chi connectivity index (χ0) is 10.9. The molecule has 0 aromatic carbocycles. The molecule has 0 nitrogen and oxygen atoms in total. The molecule has 0 aliphatic heterocycles. The highest BCUT2D eigenvalue weighted by atomic mass is 19.4. The molecule has 0 atom stereocenters. The van der Waals surface area contributed by atoms with Crippen molar-refractivity contribution in [1.29, 1.82) is 0 Å². The van der Waals surface area contributed by atoms with E-state index in [1.54, 1.807) is 0 Å². The highest BCUT2D eigenvalue weighted by Crippen LogP contribution is 2.42. The van der Waals surface area contributed by atoms with Crippen molar-refractivity contribution in [2.45, 2.75) is 24.4 Å². The van der Waals surface area contributed by atoms with Crippen molar-refractivity contribution in [1.82, 2.24) is 0 Å². The molecule has 80 valence electrons. The van der Waals surface area contributed by atoms with Gasteiger partial charge in [0.25, 0.3) is 0 Å². The lowest BCUT2D eigenvalue weighted by Crippen LogP contribution is -2.45. The fourth-order valence-corrected chi connectivity index (χ4v) is 0.479. The molecule has 0 saturated heterocycles. The van der Waals surface area contributed by atoms with Gasteiger partial charge in [0.2, 0.25) is 0 Å². The zero-order valence-electron chi connectivity index (χ0n) is 5.94. The Morgan fingerprint density at radius 1 is 0.692 bits per heavy atom. The van der Waals surface area contributed by atoms with Crippen LogP contribution in [-0.2, 0) is 0 Å². The highest BCUT2D eigenvalue weighted by molar-refractivity contribution is 4.86. The predicted octanol–water partition coefficient (Wildman–Crippen LogP) is 3.18. The van der Waals surface area contributed by atoms with Gasteiger partial charge in [0, 0.05) is 0 Å². The van der Waals surface area contributed by atoms with Gasteiger partial charge in [-0.2, -0.15) is 30.7 Å². The van der Waals surface area contributed by atoms with Crippen molar-refractivity contribution in [3.05, 3.63) is 0 Å². The van der Waals surface area contributed by atoms with E-state index in [1.807, 2.05) is 0 Å². The summed E-state index contributed by atoms with van der Waals surface area (Å²) in [6.07, 6.45) is -8.49. The molecule has 0 heterocycles. The molecule has 0 spiro atoms. The third-order valence-corrected chi connectivity index (χ3v) is 1.13. The van der Waals surface area contributed by atoms with Gasteiger partial charge in [-0.1, -0.05) is 0 Å². The average Bonchev–Trinajstić information content (AvgIpc) is 1.81. The minimum atomic E-state index is -5.46. The summed E-state index contributed by atoms with van der Waals surface area (Å²) >= 11 is 0. The van der Waals surface area contributed by atoms with E-state index < -0.39 is 31.1 Å². The topological polar surface area (TPSA) is 0 Å². The first-order valence-corrected chi connectivity index (χ1v) is 2.90. The smallest absolute Gasteiger partial charge is 0.244 e. The minimum Gasteiger partial charge on any atom is -0.244 e. The second-order valence-electron chi connectivity index (χ2n) is 2.33. The molecule has 0 aliphatic carbocycles. The number of alkyl halides is 8. The van der Waals surface area contributed by atoms with Gasteiger partial charge in [0.15, 0.2) is 6.67 Å². The van der Waals surface area contributed by atoms with Gasteiger partial charge >= 0.3 is 18.0 Å². The van der Waals surface area contributed by atoms with Crippen LogP contribution in [0.4, 0.5) is 35.1 Å². The molecule has 0 aromatic rings. The quantitative estimate of drug-likeness (QED) is 0.635. The number of halogens is 8. The van der Waals surface area contributed by atoms with Crippen LogP contribution >= 0.6 is 0 Å². The van der Waals surface area contributed by atoms with Crippen LogP contribution in [0.15, 0.2) is 0 Å². The Kier molecular flexibility index (Phi) is 3.16. The lowest BCUT2D eigenvalue weighted by Gasteiger charge is -2.24. The van der Waals surface area contributed by atoms with Crippen LogP contribution in [0.1, 0.15) is 6.42 Å². The normalized spacial score (nSPS) is 14.8. The monoisotopic (exact) mass is 216 g/mol. The van der Waals surface area contributed by atoms with E-state index in [9.17, 15) is 35.1 Å². The second-order valence-corrected chi connectivity index (χ2v) is 2.33. The second kappa shape index (κ2) is 3.30. The molecule has 0 saturated carbocycles. The zero-order valence-corrected chi connectivity index (χ0v) is 5.94. The van der Waals surface area contributed by atoms with Crippen LogP contribution < -0.4 is 0 Å². The fourth-order valence-electron chi connectivity index (χ4n) is 0.479. The maximum absolute atomic E-state index is 12.0. The highest BCUT2D eigenvalue weighted by Gasteiger charge is 2.61. The van der Waals surface area contributed by atoms with Crippen molar-refractivity contribution < 1.29 is 35.1 Å². The molecule has 0 radical (unpaired) electrons. The molecule has 0 bridgehead atoms. The lowest BCUT2D eigenvalue weighted by atomic mass is 10.1. The van der Waals surface area contributed by atoms with Crippen molar-refractivity contribution in [2.24, 2.45) is 0 Å². The molecular formula is C5H4F8. The summed E-state index contributed by atoms with van der Waals surface area (Å²) in [6.45, 7) is -2.82. The molecule has 0 N–H and O–H groups in total. The van der Waals surface area contributed by atoms with Gasteiger partial charge in [-0.25, -0.2) is 4.39 Å². The Bertz CT molecular complexity index is 168. The first-order valence-electron chi connectivity index (χ1n) is 2.90. The van der Waals surface area contributed by atoms with Crippen molar-refractivity contribution >= 4 is 0 Å². The third kappa shape index (κ3) is 3.35. The molecule has 0 unspecified atom stereocenters. The van der Waals surface area contributed by atoms with Gasteiger partial charge in [0.05, 0.1) is 0 Å². The molecule has 13 heavy (non-hydrogen) atoms. The summed E-state index contributed by atoms with van der Waals surface area (Å²) in [5.74, 6) is -10.7. The molecule has 0 aromatic heterocycles. The van der Waals surface area contributed by atoms with Gasteiger partial charge in [-0.15, -0.1) is 0 Å². The Morgan fingerprint density at radius 3 is 1.31 bits per heavy atom. The standard InChI is InChI=1S/C5H4F8/c6-2-4(9,10)3(7,8)1-5(11,12)13/h1-2H2. The van der Waals surface area contributed by atoms with Gasteiger partial charge in [-0.05, 0) is 0 Å². The van der Waals surface area contributed by atoms with E-state index in [0.29, 0.717) is 0 Å². The summed E-state index contributed by atoms with van der Waals surface area (Å²) in [7, 11) is 0. The minimum absolute atomic E-state index is 2.82. The van der Waals surface area contributed by atoms with Crippen molar-refractivity contribution in [3.8, 4) is 0 Å². The van der Waals surface area contributed by atoms with E-state index in [1.165, 1.54) is 0 Å². The molecule has 0 aliphatic rings. The van der Waals surface area contributed by atoms with E-state index in [-0.39, 0.29) is 0 Å². The summed E-state index contributed by atoms with van der Waals surface area (Å²) < 4.78 is 92.7. The number of hydrogen-bond donors (Lipinski definition) is 0. The Balaban J connectivity index is 4.58. The van der Waals surface area contributed by atoms with Crippen LogP contribution in [0.25, 0.3) is 0 Å². The Labute approximate surface area is 67.5 Å². The Hall–Kier alpha value is -0.560. The van der Waals surface area contributed by atoms with E-state index in [2.05, 4.69) is 0 Å². The molecular weight excluding hydrogens is 212 g/mol. The maximum atomic E-state index is 12.0. The molecule has 0 fully saturated rings. The lowest BCUT2D eigenvalue weighted by molar-refractivity contribution is -0.267. The summed E-state index contributed by atoms with van der Waals surface area (Å²) in [4.78, 5) is 0. The summed E-state index contributed by atoms with van der Waals surface area (Å²) in [5, 5.41) is 0. The van der Waals surface area contributed by atoms with Crippen LogP contribution in [0.2, 0.25) is 0 Å².